The summed E-state index contributed by atoms with van der Waals surface area (Å²) in [5.74, 6) is -0.128. The number of para-hydroxylation sites is 1. The number of ether oxygens (including phenoxy) is 1. The Labute approximate surface area is 186 Å². The van der Waals surface area contributed by atoms with Gasteiger partial charge in [0.25, 0.3) is 5.91 Å². The first-order valence-electron chi connectivity index (χ1n) is 11.4. The van der Waals surface area contributed by atoms with Crippen LogP contribution in [0, 0.1) is 11.3 Å². The average molecular weight is 425 g/mol. The summed E-state index contributed by atoms with van der Waals surface area (Å²) in [7, 11) is 0. The van der Waals surface area contributed by atoms with E-state index in [0.717, 1.165) is 41.4 Å². The lowest BCUT2D eigenvalue weighted by molar-refractivity contribution is -0.138. The zero-order chi connectivity index (χ0) is 22.9. The maximum absolute atomic E-state index is 13.3. The van der Waals surface area contributed by atoms with Crippen molar-refractivity contribution >= 4 is 22.8 Å². The van der Waals surface area contributed by atoms with Crippen molar-refractivity contribution in [3.05, 3.63) is 41.1 Å². The molecule has 0 aliphatic heterocycles. The Hall–Kier alpha value is -2.43. The summed E-state index contributed by atoms with van der Waals surface area (Å²) in [6.07, 6.45) is 2.72. The lowest BCUT2D eigenvalue weighted by Gasteiger charge is -2.35. The molecule has 0 N–H and O–H groups in total. The SMILES string of the molecule is CC(C)N(C(=O)COC(=O)c1c2c(nc3ccccc13)CC[C@H](C(C)(C)C)C2)C(C)C. The number of hydrogen-bond donors (Lipinski definition) is 0. The van der Waals surface area contributed by atoms with Gasteiger partial charge in [0.1, 0.15) is 0 Å². The molecule has 31 heavy (non-hydrogen) atoms. The Morgan fingerprint density at radius 2 is 1.77 bits per heavy atom. The molecule has 5 heteroatoms. The molecule has 1 aromatic heterocycles. The standard InChI is InChI=1S/C26H36N2O3/c1-16(2)28(17(3)4)23(29)15-31-25(30)24-19-10-8-9-11-21(19)27-22-13-12-18(14-20(22)24)26(5,6)7/h8-11,16-18H,12-15H2,1-7H3/t18-/m0/s1. The Morgan fingerprint density at radius 3 is 2.39 bits per heavy atom. The monoisotopic (exact) mass is 424 g/mol. The number of fused-ring (bicyclic) bond motifs is 2. The summed E-state index contributed by atoms with van der Waals surface area (Å²) in [6, 6.07) is 7.82. The lowest BCUT2D eigenvalue weighted by Crippen LogP contribution is -2.44. The van der Waals surface area contributed by atoms with Gasteiger partial charge in [0, 0.05) is 23.2 Å². The van der Waals surface area contributed by atoms with Crippen LogP contribution >= 0.6 is 0 Å². The third-order valence-electron chi connectivity index (χ3n) is 6.42. The Morgan fingerprint density at radius 1 is 1.13 bits per heavy atom. The van der Waals surface area contributed by atoms with Crippen LogP contribution in [0.1, 0.15) is 76.5 Å². The third kappa shape index (κ3) is 4.91. The van der Waals surface area contributed by atoms with E-state index in [4.69, 9.17) is 9.72 Å². The quantitative estimate of drug-likeness (QED) is 0.620. The molecule has 168 valence electrons. The van der Waals surface area contributed by atoms with Crippen molar-refractivity contribution in [3.63, 3.8) is 0 Å². The second kappa shape index (κ2) is 8.97. The number of carbonyl (C=O) groups is 2. The van der Waals surface area contributed by atoms with Crippen molar-refractivity contribution in [2.24, 2.45) is 11.3 Å². The summed E-state index contributed by atoms with van der Waals surface area (Å²) in [4.78, 5) is 32.7. The third-order valence-corrected chi connectivity index (χ3v) is 6.42. The van der Waals surface area contributed by atoms with Crippen molar-refractivity contribution < 1.29 is 14.3 Å². The summed E-state index contributed by atoms with van der Waals surface area (Å²) < 4.78 is 5.61. The number of carbonyl (C=O) groups excluding carboxylic acids is 2. The average Bonchev–Trinajstić information content (AvgIpc) is 2.68. The first kappa shape index (κ1) is 23.2. The number of rotatable bonds is 5. The molecule has 1 aliphatic rings. The first-order chi connectivity index (χ1) is 14.5. The van der Waals surface area contributed by atoms with Crippen molar-refractivity contribution in [2.45, 2.75) is 79.8 Å². The molecule has 5 nitrogen and oxygen atoms in total. The molecular formula is C26H36N2O3. The van der Waals surface area contributed by atoms with Gasteiger partial charge in [0.2, 0.25) is 0 Å². The maximum Gasteiger partial charge on any atom is 0.339 e. The van der Waals surface area contributed by atoms with Crippen LogP contribution in [0.15, 0.2) is 24.3 Å². The second-order valence-corrected chi connectivity index (χ2v) is 10.3. The van der Waals surface area contributed by atoms with Crippen LogP contribution in [0.2, 0.25) is 0 Å². The van der Waals surface area contributed by atoms with Gasteiger partial charge in [-0.25, -0.2) is 4.79 Å². The fraction of sp³-hybridized carbons (Fsp3) is 0.577. The Balaban J connectivity index is 1.95. The van der Waals surface area contributed by atoms with Crippen LogP contribution in [0.5, 0.6) is 0 Å². The molecule has 0 bridgehead atoms. The fourth-order valence-corrected chi connectivity index (χ4v) is 4.81. The predicted octanol–water partition coefficient (Wildman–Crippen LogP) is 5.19. The molecule has 1 amide bonds. The van der Waals surface area contributed by atoms with E-state index in [2.05, 4.69) is 20.8 Å². The Kier molecular flexibility index (Phi) is 6.73. The minimum absolute atomic E-state index is 0.0493. The number of esters is 1. The zero-order valence-electron chi connectivity index (χ0n) is 20.0. The molecule has 2 aromatic rings. The number of benzene rings is 1. The van der Waals surface area contributed by atoms with Gasteiger partial charge >= 0.3 is 5.97 Å². The molecule has 1 heterocycles. The van der Waals surface area contributed by atoms with Crippen LogP contribution in [-0.4, -0.2) is 40.5 Å². The van der Waals surface area contributed by atoms with E-state index < -0.39 is 5.97 Å². The highest BCUT2D eigenvalue weighted by molar-refractivity contribution is 6.05. The van der Waals surface area contributed by atoms with E-state index in [0.29, 0.717) is 11.5 Å². The number of aromatic nitrogens is 1. The molecular weight excluding hydrogens is 388 g/mol. The zero-order valence-corrected chi connectivity index (χ0v) is 20.0. The molecule has 1 aliphatic carbocycles. The van der Waals surface area contributed by atoms with Gasteiger partial charge in [-0.2, -0.15) is 0 Å². The number of nitrogens with zero attached hydrogens (tertiary/aromatic N) is 2. The van der Waals surface area contributed by atoms with Crippen LogP contribution in [0.4, 0.5) is 0 Å². The summed E-state index contributed by atoms with van der Waals surface area (Å²) in [5, 5.41) is 0.804. The molecule has 3 rings (SSSR count). The number of amides is 1. The summed E-state index contributed by atoms with van der Waals surface area (Å²) in [6.45, 7) is 14.4. The molecule has 1 atom stereocenters. The highest BCUT2D eigenvalue weighted by Gasteiger charge is 2.33. The van der Waals surface area contributed by atoms with Crippen LogP contribution in [0.25, 0.3) is 10.9 Å². The Bertz CT molecular complexity index is 965. The van der Waals surface area contributed by atoms with Crippen LogP contribution < -0.4 is 0 Å². The molecule has 0 fully saturated rings. The van der Waals surface area contributed by atoms with Crippen LogP contribution in [-0.2, 0) is 22.4 Å². The van der Waals surface area contributed by atoms with Crippen molar-refractivity contribution in [3.8, 4) is 0 Å². The largest absolute Gasteiger partial charge is 0.452 e. The van der Waals surface area contributed by atoms with Gasteiger partial charge < -0.3 is 9.64 Å². The van der Waals surface area contributed by atoms with Crippen molar-refractivity contribution in [1.82, 2.24) is 9.88 Å². The molecule has 0 unspecified atom stereocenters. The van der Waals surface area contributed by atoms with Gasteiger partial charge in [-0.05, 0) is 69.9 Å². The van der Waals surface area contributed by atoms with Gasteiger partial charge in [0.05, 0.1) is 11.1 Å². The number of hydrogen-bond acceptors (Lipinski definition) is 4. The lowest BCUT2D eigenvalue weighted by atomic mass is 9.70. The van der Waals surface area contributed by atoms with E-state index in [1.165, 1.54) is 0 Å². The second-order valence-electron chi connectivity index (χ2n) is 10.3. The smallest absolute Gasteiger partial charge is 0.339 e. The molecule has 1 aromatic carbocycles. The molecule has 0 spiro atoms. The van der Waals surface area contributed by atoms with E-state index in [1.807, 2.05) is 52.0 Å². The highest BCUT2D eigenvalue weighted by Crippen LogP contribution is 2.39. The summed E-state index contributed by atoms with van der Waals surface area (Å²) in [5.41, 5.74) is 3.52. The molecule has 0 saturated heterocycles. The first-order valence-corrected chi connectivity index (χ1v) is 11.4. The van der Waals surface area contributed by atoms with Gasteiger partial charge in [-0.15, -0.1) is 0 Å². The minimum atomic E-state index is -0.426. The fourth-order valence-electron chi connectivity index (χ4n) is 4.81. The van der Waals surface area contributed by atoms with Crippen molar-refractivity contribution in [1.29, 1.82) is 0 Å². The maximum atomic E-state index is 13.3. The van der Waals surface area contributed by atoms with E-state index in [9.17, 15) is 9.59 Å². The van der Waals surface area contributed by atoms with E-state index >= 15 is 0 Å². The molecule has 0 saturated carbocycles. The van der Waals surface area contributed by atoms with Crippen LogP contribution in [0.3, 0.4) is 0 Å². The normalized spacial score (nSPS) is 16.5. The summed E-state index contributed by atoms with van der Waals surface area (Å²) >= 11 is 0. The predicted molar refractivity (Wildman–Crippen MR) is 124 cm³/mol. The topological polar surface area (TPSA) is 59.5 Å². The number of aryl methyl sites for hydroxylation is 1. The minimum Gasteiger partial charge on any atom is -0.452 e. The highest BCUT2D eigenvalue weighted by atomic mass is 16.5. The van der Waals surface area contributed by atoms with Gasteiger partial charge in [-0.1, -0.05) is 39.0 Å². The molecule has 0 radical (unpaired) electrons. The van der Waals surface area contributed by atoms with E-state index in [-0.39, 0.29) is 30.0 Å². The van der Waals surface area contributed by atoms with Crippen molar-refractivity contribution in [2.75, 3.05) is 6.61 Å². The number of pyridine rings is 1. The van der Waals surface area contributed by atoms with Gasteiger partial charge in [-0.3, -0.25) is 9.78 Å². The van der Waals surface area contributed by atoms with E-state index in [1.54, 1.807) is 4.90 Å². The van der Waals surface area contributed by atoms with Gasteiger partial charge in [0.15, 0.2) is 6.61 Å².